The van der Waals surface area contributed by atoms with Gasteiger partial charge < -0.3 is 0 Å². The Labute approximate surface area is 75.4 Å². The maximum Gasteiger partial charge on any atom is 0.435 e. The first-order valence-corrected chi connectivity index (χ1v) is 3.98. The topological polar surface area (TPSA) is 17.8 Å². The summed E-state index contributed by atoms with van der Waals surface area (Å²) >= 11 is 0. The lowest BCUT2D eigenvalue weighted by Gasteiger charge is -1.99. The van der Waals surface area contributed by atoms with E-state index in [1.807, 2.05) is 0 Å². The van der Waals surface area contributed by atoms with Gasteiger partial charge in [0.2, 0.25) is 0 Å². The zero-order valence-electron chi connectivity index (χ0n) is 7.89. The number of halogens is 3. The van der Waals surface area contributed by atoms with E-state index in [9.17, 15) is 13.2 Å². The average Bonchev–Trinajstić information content (AvgIpc) is 2.35. The van der Waals surface area contributed by atoms with Gasteiger partial charge >= 0.3 is 6.18 Å². The molecule has 1 heterocycles. The Morgan fingerprint density at radius 1 is 1.38 bits per heavy atom. The zero-order valence-corrected chi connectivity index (χ0v) is 7.89. The third kappa shape index (κ3) is 4.55. The van der Waals surface area contributed by atoms with E-state index in [1.54, 1.807) is 0 Å². The number of hydrogen-bond donors (Lipinski definition) is 0. The summed E-state index contributed by atoms with van der Waals surface area (Å²) in [5.74, 6) is 0. The molecule has 0 saturated carbocycles. The minimum atomic E-state index is -4.32. The SMILES string of the molecule is CCC.Cn1ccc(C(F)(F)F)n1. The Bertz CT molecular complexity index is 240. The molecule has 13 heavy (non-hydrogen) atoms. The highest BCUT2D eigenvalue weighted by Crippen LogP contribution is 2.26. The summed E-state index contributed by atoms with van der Waals surface area (Å²) in [7, 11) is 1.44. The van der Waals surface area contributed by atoms with Gasteiger partial charge in [0.05, 0.1) is 0 Å². The summed E-state index contributed by atoms with van der Waals surface area (Å²) in [6.45, 7) is 4.25. The molecule has 1 aromatic rings. The smallest absolute Gasteiger partial charge is 0.275 e. The Morgan fingerprint density at radius 2 is 1.85 bits per heavy atom. The molecule has 0 fully saturated rings. The van der Waals surface area contributed by atoms with E-state index < -0.39 is 11.9 Å². The molecule has 0 aliphatic heterocycles. The summed E-state index contributed by atoms with van der Waals surface area (Å²) in [6.07, 6.45) is -1.82. The van der Waals surface area contributed by atoms with Crippen LogP contribution in [0.5, 0.6) is 0 Å². The van der Waals surface area contributed by atoms with Crippen LogP contribution in [0.2, 0.25) is 0 Å². The van der Waals surface area contributed by atoms with E-state index in [2.05, 4.69) is 18.9 Å². The van der Waals surface area contributed by atoms with Crippen LogP contribution in [0.15, 0.2) is 12.3 Å². The predicted molar refractivity (Wildman–Crippen MR) is 44.2 cm³/mol. The molecule has 0 aliphatic carbocycles. The standard InChI is InChI=1S/C5H5F3N2.C3H8/c1-10-3-2-4(9-10)5(6,7)8;1-3-2/h2-3H,1H3;3H2,1-2H3. The van der Waals surface area contributed by atoms with Gasteiger partial charge in [-0.15, -0.1) is 0 Å². The monoisotopic (exact) mass is 194 g/mol. The van der Waals surface area contributed by atoms with Gasteiger partial charge in [-0.3, -0.25) is 4.68 Å². The van der Waals surface area contributed by atoms with Gasteiger partial charge in [0, 0.05) is 13.2 Å². The van der Waals surface area contributed by atoms with Gasteiger partial charge in [-0.1, -0.05) is 20.3 Å². The first-order valence-electron chi connectivity index (χ1n) is 3.98. The second-order valence-electron chi connectivity index (χ2n) is 2.58. The van der Waals surface area contributed by atoms with E-state index in [-0.39, 0.29) is 0 Å². The van der Waals surface area contributed by atoms with Gasteiger partial charge in [-0.25, -0.2) is 0 Å². The second-order valence-corrected chi connectivity index (χ2v) is 2.58. The third-order valence-electron chi connectivity index (χ3n) is 1.00. The summed E-state index contributed by atoms with van der Waals surface area (Å²) in [5.41, 5.74) is -0.852. The minimum absolute atomic E-state index is 0.852. The number of aryl methyl sites for hydroxylation is 1. The van der Waals surface area contributed by atoms with Crippen molar-refractivity contribution < 1.29 is 13.2 Å². The fraction of sp³-hybridized carbons (Fsp3) is 0.625. The number of aromatic nitrogens is 2. The molecule has 0 aliphatic rings. The first-order chi connectivity index (χ1) is 5.91. The molecule has 0 amide bonds. The summed E-state index contributed by atoms with van der Waals surface area (Å²) in [6, 6.07) is 0.931. The van der Waals surface area contributed by atoms with Crippen molar-refractivity contribution in [3.8, 4) is 0 Å². The van der Waals surface area contributed by atoms with Crippen LogP contribution in [0, 0.1) is 0 Å². The molecular weight excluding hydrogens is 181 g/mol. The van der Waals surface area contributed by atoms with Crippen molar-refractivity contribution >= 4 is 0 Å². The summed E-state index contributed by atoms with van der Waals surface area (Å²) in [4.78, 5) is 0. The van der Waals surface area contributed by atoms with E-state index >= 15 is 0 Å². The van der Waals surface area contributed by atoms with Crippen molar-refractivity contribution in [2.24, 2.45) is 7.05 Å². The fourth-order valence-corrected chi connectivity index (χ4v) is 0.566. The van der Waals surface area contributed by atoms with Crippen molar-refractivity contribution in [1.82, 2.24) is 9.78 Å². The lowest BCUT2D eigenvalue weighted by molar-refractivity contribution is -0.141. The quantitative estimate of drug-likeness (QED) is 0.621. The normalized spacial score (nSPS) is 10.6. The van der Waals surface area contributed by atoms with Gasteiger partial charge in [0.15, 0.2) is 5.69 Å². The van der Waals surface area contributed by atoms with E-state index in [1.165, 1.54) is 19.7 Å². The van der Waals surface area contributed by atoms with Crippen LogP contribution < -0.4 is 0 Å². The zero-order chi connectivity index (χ0) is 10.5. The Morgan fingerprint density at radius 3 is 2.00 bits per heavy atom. The molecule has 2 nitrogen and oxygen atoms in total. The number of nitrogens with zero attached hydrogens (tertiary/aromatic N) is 2. The van der Waals surface area contributed by atoms with Crippen LogP contribution in [0.3, 0.4) is 0 Å². The van der Waals surface area contributed by atoms with E-state index in [0.29, 0.717) is 0 Å². The molecular formula is C8H13F3N2. The Balaban J connectivity index is 0.000000424. The molecule has 1 rings (SSSR count). The van der Waals surface area contributed by atoms with Crippen LogP contribution in [0.1, 0.15) is 26.0 Å². The van der Waals surface area contributed by atoms with Gasteiger partial charge in [-0.2, -0.15) is 18.3 Å². The van der Waals surface area contributed by atoms with Gasteiger partial charge in [0.25, 0.3) is 0 Å². The molecule has 0 spiro atoms. The van der Waals surface area contributed by atoms with Crippen molar-refractivity contribution in [3.05, 3.63) is 18.0 Å². The van der Waals surface area contributed by atoms with Crippen molar-refractivity contribution in [1.29, 1.82) is 0 Å². The van der Waals surface area contributed by atoms with Crippen molar-refractivity contribution in [2.75, 3.05) is 0 Å². The molecule has 76 valence electrons. The highest BCUT2D eigenvalue weighted by molar-refractivity contribution is 5.02. The predicted octanol–water partition coefficient (Wildman–Crippen LogP) is 2.86. The Kier molecular flexibility index (Phi) is 4.51. The van der Waals surface area contributed by atoms with Crippen LogP contribution in [-0.4, -0.2) is 9.78 Å². The fourth-order valence-electron chi connectivity index (χ4n) is 0.566. The molecule has 0 atom stereocenters. The molecule has 0 unspecified atom stereocenters. The van der Waals surface area contributed by atoms with Crippen LogP contribution in [0.25, 0.3) is 0 Å². The average molecular weight is 194 g/mol. The summed E-state index contributed by atoms with van der Waals surface area (Å²) < 4.78 is 36.3. The lowest BCUT2D eigenvalue weighted by atomic mass is 10.4. The maximum atomic E-state index is 11.7. The Hall–Kier alpha value is -1.00. The number of hydrogen-bond acceptors (Lipinski definition) is 1. The first kappa shape index (κ1) is 12.0. The molecule has 5 heteroatoms. The van der Waals surface area contributed by atoms with E-state index in [4.69, 9.17) is 0 Å². The molecule has 0 radical (unpaired) electrons. The highest BCUT2D eigenvalue weighted by atomic mass is 19.4. The van der Waals surface area contributed by atoms with Crippen LogP contribution >= 0.6 is 0 Å². The van der Waals surface area contributed by atoms with Crippen molar-refractivity contribution in [2.45, 2.75) is 26.4 Å². The molecule has 0 saturated heterocycles. The van der Waals surface area contributed by atoms with Crippen LogP contribution in [-0.2, 0) is 13.2 Å². The number of rotatable bonds is 0. The minimum Gasteiger partial charge on any atom is -0.275 e. The number of alkyl halides is 3. The second kappa shape index (κ2) is 4.89. The molecule has 0 aromatic carbocycles. The van der Waals surface area contributed by atoms with Crippen molar-refractivity contribution in [3.63, 3.8) is 0 Å². The highest BCUT2D eigenvalue weighted by Gasteiger charge is 2.33. The van der Waals surface area contributed by atoms with Gasteiger partial charge in [0.1, 0.15) is 0 Å². The lowest BCUT2D eigenvalue weighted by Crippen LogP contribution is -2.06. The third-order valence-corrected chi connectivity index (χ3v) is 1.00. The molecule has 0 bridgehead atoms. The van der Waals surface area contributed by atoms with Gasteiger partial charge in [-0.05, 0) is 6.07 Å². The largest absolute Gasteiger partial charge is 0.435 e. The van der Waals surface area contributed by atoms with Crippen LogP contribution in [0.4, 0.5) is 13.2 Å². The molecule has 1 aromatic heterocycles. The summed E-state index contributed by atoms with van der Waals surface area (Å²) in [5, 5.41) is 3.17. The molecule has 0 N–H and O–H groups in total. The maximum absolute atomic E-state index is 11.7. The van der Waals surface area contributed by atoms with E-state index in [0.717, 1.165) is 10.7 Å².